The lowest BCUT2D eigenvalue weighted by Gasteiger charge is -1.97. The van der Waals surface area contributed by atoms with Gasteiger partial charge in [-0.05, 0) is 12.1 Å². The fraction of sp³-hybridized carbons (Fsp3) is 0. The summed E-state index contributed by atoms with van der Waals surface area (Å²) in [6.07, 6.45) is 3.38. The van der Waals surface area contributed by atoms with Crippen LogP contribution in [0.2, 0.25) is 0 Å². The monoisotopic (exact) mass is 216 g/mol. The highest BCUT2D eigenvalue weighted by atomic mass is 35.5. The highest BCUT2D eigenvalue weighted by Gasteiger charge is 1.97. The van der Waals surface area contributed by atoms with Crippen molar-refractivity contribution in [2.24, 2.45) is 4.99 Å². The van der Waals surface area contributed by atoms with Crippen LogP contribution in [0.3, 0.4) is 0 Å². The molecule has 2 aromatic rings. The van der Waals surface area contributed by atoms with Crippen molar-refractivity contribution in [2.45, 2.75) is 0 Å². The molecule has 0 unspecified atom stereocenters. The number of pyridine rings is 1. The molecule has 3 heteroatoms. The van der Waals surface area contributed by atoms with Gasteiger partial charge in [-0.15, -0.1) is 0 Å². The molecule has 0 aliphatic heterocycles. The van der Waals surface area contributed by atoms with E-state index in [-0.39, 0.29) is 0 Å². The molecule has 1 aromatic carbocycles. The van der Waals surface area contributed by atoms with E-state index < -0.39 is 0 Å². The van der Waals surface area contributed by atoms with Gasteiger partial charge in [-0.1, -0.05) is 41.9 Å². The van der Waals surface area contributed by atoms with Crippen molar-refractivity contribution in [3.05, 3.63) is 60.4 Å². The summed E-state index contributed by atoms with van der Waals surface area (Å²) in [5.41, 5.74) is 1.72. The third kappa shape index (κ3) is 2.64. The maximum absolute atomic E-state index is 6.07. The van der Waals surface area contributed by atoms with Crippen LogP contribution in [-0.4, -0.2) is 10.2 Å². The molecule has 1 aromatic heterocycles. The molecule has 2 nitrogen and oxygen atoms in total. The molecule has 0 saturated carbocycles. The van der Waals surface area contributed by atoms with Crippen LogP contribution in [-0.2, 0) is 0 Å². The van der Waals surface area contributed by atoms with Gasteiger partial charge in [-0.3, -0.25) is 4.98 Å². The number of halogens is 1. The molecule has 2 rings (SSSR count). The van der Waals surface area contributed by atoms with Crippen LogP contribution in [0.1, 0.15) is 5.56 Å². The van der Waals surface area contributed by atoms with Gasteiger partial charge in [-0.25, -0.2) is 4.99 Å². The first-order chi connectivity index (χ1) is 7.36. The SMILES string of the molecule is ClC(=Nc1ccncc1)c1ccccc1. The number of rotatable bonds is 2. The zero-order chi connectivity index (χ0) is 10.5. The van der Waals surface area contributed by atoms with Crippen LogP contribution < -0.4 is 0 Å². The molecule has 0 N–H and O–H groups in total. The summed E-state index contributed by atoms with van der Waals surface area (Å²) in [6.45, 7) is 0. The van der Waals surface area contributed by atoms with Crippen LogP contribution in [0.4, 0.5) is 5.69 Å². The lowest BCUT2D eigenvalue weighted by Crippen LogP contribution is -1.88. The zero-order valence-corrected chi connectivity index (χ0v) is 8.72. The summed E-state index contributed by atoms with van der Waals surface area (Å²) in [6, 6.07) is 13.3. The van der Waals surface area contributed by atoms with E-state index in [0.29, 0.717) is 5.17 Å². The Morgan fingerprint density at radius 2 is 1.67 bits per heavy atom. The number of hydrogen-bond acceptors (Lipinski definition) is 2. The topological polar surface area (TPSA) is 25.2 Å². The Hall–Kier alpha value is -1.67. The fourth-order valence-corrected chi connectivity index (χ4v) is 1.40. The van der Waals surface area contributed by atoms with Crippen LogP contribution in [0, 0.1) is 0 Å². The van der Waals surface area contributed by atoms with Gasteiger partial charge < -0.3 is 0 Å². The van der Waals surface area contributed by atoms with E-state index in [1.54, 1.807) is 12.4 Å². The van der Waals surface area contributed by atoms with Gasteiger partial charge in [0.15, 0.2) is 0 Å². The Morgan fingerprint density at radius 1 is 1.00 bits per heavy atom. The van der Waals surface area contributed by atoms with Gasteiger partial charge in [0, 0.05) is 18.0 Å². The predicted molar refractivity (Wildman–Crippen MR) is 62.7 cm³/mol. The third-order valence-corrected chi connectivity index (χ3v) is 2.20. The first kappa shape index (κ1) is 9.87. The highest BCUT2D eigenvalue weighted by Crippen LogP contribution is 2.13. The normalized spacial score (nSPS) is 11.4. The molecule has 15 heavy (non-hydrogen) atoms. The molecular weight excluding hydrogens is 208 g/mol. The number of benzene rings is 1. The second-order valence-corrected chi connectivity index (χ2v) is 3.33. The van der Waals surface area contributed by atoms with Crippen LogP contribution in [0.15, 0.2) is 59.9 Å². The molecule has 0 saturated heterocycles. The molecule has 0 atom stereocenters. The smallest absolute Gasteiger partial charge is 0.136 e. The van der Waals surface area contributed by atoms with E-state index in [0.717, 1.165) is 11.3 Å². The molecule has 0 amide bonds. The first-order valence-electron chi connectivity index (χ1n) is 4.56. The van der Waals surface area contributed by atoms with Crippen LogP contribution >= 0.6 is 11.6 Å². The summed E-state index contributed by atoms with van der Waals surface area (Å²) in [5, 5.41) is 0.488. The maximum atomic E-state index is 6.07. The van der Waals surface area contributed by atoms with E-state index in [4.69, 9.17) is 11.6 Å². The summed E-state index contributed by atoms with van der Waals surface area (Å²) in [7, 11) is 0. The Morgan fingerprint density at radius 3 is 2.33 bits per heavy atom. The second kappa shape index (κ2) is 4.71. The van der Waals surface area contributed by atoms with Crippen molar-refractivity contribution in [3.63, 3.8) is 0 Å². The molecule has 0 radical (unpaired) electrons. The minimum atomic E-state index is 0.488. The quantitative estimate of drug-likeness (QED) is 0.707. The van der Waals surface area contributed by atoms with E-state index >= 15 is 0 Å². The molecule has 0 aliphatic rings. The highest BCUT2D eigenvalue weighted by molar-refractivity contribution is 6.69. The Balaban J connectivity index is 2.29. The predicted octanol–water partition coefficient (Wildman–Crippen LogP) is 3.40. The van der Waals surface area contributed by atoms with Crippen molar-refractivity contribution < 1.29 is 0 Å². The van der Waals surface area contributed by atoms with Crippen molar-refractivity contribution in [1.29, 1.82) is 0 Å². The second-order valence-electron chi connectivity index (χ2n) is 2.97. The molecule has 74 valence electrons. The lowest BCUT2D eigenvalue weighted by atomic mass is 10.2. The maximum Gasteiger partial charge on any atom is 0.136 e. The average molecular weight is 217 g/mol. The minimum Gasteiger partial charge on any atom is -0.265 e. The van der Waals surface area contributed by atoms with Gasteiger partial charge in [-0.2, -0.15) is 0 Å². The Bertz CT molecular complexity index is 452. The molecule has 1 heterocycles. The van der Waals surface area contributed by atoms with Crippen molar-refractivity contribution in [2.75, 3.05) is 0 Å². The fourth-order valence-electron chi connectivity index (χ4n) is 1.17. The number of hydrogen-bond donors (Lipinski definition) is 0. The molecule has 0 spiro atoms. The summed E-state index contributed by atoms with van der Waals surface area (Å²) in [5.74, 6) is 0. The standard InChI is InChI=1S/C12H9ClN2/c13-12(10-4-2-1-3-5-10)15-11-6-8-14-9-7-11/h1-9H. The van der Waals surface area contributed by atoms with Crippen molar-refractivity contribution >= 4 is 22.5 Å². The third-order valence-electron chi connectivity index (χ3n) is 1.90. The number of nitrogens with zero attached hydrogens (tertiary/aromatic N) is 2. The van der Waals surface area contributed by atoms with Gasteiger partial charge in [0.25, 0.3) is 0 Å². The molecule has 0 fully saturated rings. The molecule has 0 bridgehead atoms. The van der Waals surface area contributed by atoms with Gasteiger partial charge in [0.1, 0.15) is 5.17 Å². The molecular formula is C12H9ClN2. The van der Waals surface area contributed by atoms with E-state index in [2.05, 4.69) is 9.98 Å². The van der Waals surface area contributed by atoms with Gasteiger partial charge >= 0.3 is 0 Å². The summed E-state index contributed by atoms with van der Waals surface area (Å²) < 4.78 is 0. The average Bonchev–Trinajstić information content (AvgIpc) is 2.31. The Kier molecular flexibility index (Phi) is 3.10. The molecule has 0 aliphatic carbocycles. The van der Waals surface area contributed by atoms with E-state index in [1.165, 1.54) is 0 Å². The number of aliphatic imine (C=N–C) groups is 1. The number of aromatic nitrogens is 1. The van der Waals surface area contributed by atoms with Gasteiger partial charge in [0.2, 0.25) is 0 Å². The summed E-state index contributed by atoms with van der Waals surface area (Å²) >= 11 is 6.07. The lowest BCUT2D eigenvalue weighted by molar-refractivity contribution is 1.31. The van der Waals surface area contributed by atoms with Crippen molar-refractivity contribution in [1.82, 2.24) is 4.98 Å². The largest absolute Gasteiger partial charge is 0.265 e. The van der Waals surface area contributed by atoms with Gasteiger partial charge in [0.05, 0.1) is 5.69 Å². The minimum absolute atomic E-state index is 0.488. The van der Waals surface area contributed by atoms with Crippen molar-refractivity contribution in [3.8, 4) is 0 Å². The van der Waals surface area contributed by atoms with E-state index in [1.807, 2.05) is 42.5 Å². The van der Waals surface area contributed by atoms with Crippen LogP contribution in [0.25, 0.3) is 0 Å². The van der Waals surface area contributed by atoms with E-state index in [9.17, 15) is 0 Å². The summed E-state index contributed by atoms with van der Waals surface area (Å²) in [4.78, 5) is 8.18. The zero-order valence-electron chi connectivity index (χ0n) is 7.97. The van der Waals surface area contributed by atoms with Crippen LogP contribution in [0.5, 0.6) is 0 Å². The first-order valence-corrected chi connectivity index (χ1v) is 4.94. The Labute approximate surface area is 93.3 Å².